The molecule has 0 unspecified atom stereocenters. The lowest BCUT2D eigenvalue weighted by atomic mass is 10.1. The first-order valence-electron chi connectivity index (χ1n) is 12.3. The van der Waals surface area contributed by atoms with Crippen LogP contribution in [0.15, 0.2) is 42.5 Å². The molecule has 0 amide bonds. The van der Waals surface area contributed by atoms with Crippen LogP contribution in [0.5, 0.6) is 28.9 Å². The van der Waals surface area contributed by atoms with Crippen molar-refractivity contribution in [2.24, 2.45) is 0 Å². The lowest BCUT2D eigenvalue weighted by Gasteiger charge is -2.32. The number of nitrogens with zero attached hydrogens (tertiary/aromatic N) is 4. The molecule has 0 bridgehead atoms. The van der Waals surface area contributed by atoms with Crippen molar-refractivity contribution in [3.8, 4) is 28.9 Å². The zero-order chi connectivity index (χ0) is 23.6. The van der Waals surface area contributed by atoms with Gasteiger partial charge in [-0.2, -0.15) is 4.98 Å². The summed E-state index contributed by atoms with van der Waals surface area (Å²) >= 11 is 0. The van der Waals surface area contributed by atoms with Gasteiger partial charge in [-0.25, -0.2) is 4.98 Å². The standard InChI is InChI=1S/C27H30N4O4/c1-32-20-6-5-7-21(15-20)35-26-22-17-30(16-19-8-9-24-25(14-19)34-18-33-24)13-10-23(22)28-27(29-26)31-11-3-2-4-12-31/h5-9,14-15H,2-4,10-13,16-18H2,1H3. The SMILES string of the molecule is COc1cccc(Oc2nc(N3CCCCC3)nc3c2CN(Cc2ccc4c(c2)OCO4)CC3)c1. The maximum Gasteiger partial charge on any atom is 0.231 e. The van der Waals surface area contributed by atoms with Crippen molar-refractivity contribution in [3.05, 3.63) is 59.3 Å². The van der Waals surface area contributed by atoms with E-state index in [0.717, 1.165) is 73.6 Å². The molecular weight excluding hydrogens is 444 g/mol. The van der Waals surface area contributed by atoms with E-state index in [1.165, 1.54) is 24.8 Å². The van der Waals surface area contributed by atoms with Crippen molar-refractivity contribution in [2.75, 3.05) is 38.4 Å². The molecule has 1 aromatic heterocycles. The summed E-state index contributed by atoms with van der Waals surface area (Å²) < 4.78 is 22.8. The minimum Gasteiger partial charge on any atom is -0.497 e. The van der Waals surface area contributed by atoms with Crippen molar-refractivity contribution in [2.45, 2.75) is 38.8 Å². The molecule has 3 aromatic rings. The van der Waals surface area contributed by atoms with E-state index < -0.39 is 0 Å². The molecule has 0 spiro atoms. The summed E-state index contributed by atoms with van der Waals surface area (Å²) in [5, 5.41) is 0. The first-order chi connectivity index (χ1) is 17.2. The van der Waals surface area contributed by atoms with Gasteiger partial charge >= 0.3 is 0 Å². The first kappa shape index (κ1) is 22.0. The fourth-order valence-corrected chi connectivity index (χ4v) is 4.96. The summed E-state index contributed by atoms with van der Waals surface area (Å²) in [6.07, 6.45) is 4.48. The zero-order valence-corrected chi connectivity index (χ0v) is 20.0. The molecule has 0 aliphatic carbocycles. The van der Waals surface area contributed by atoms with Crippen molar-refractivity contribution in [1.29, 1.82) is 0 Å². The number of rotatable bonds is 6. The van der Waals surface area contributed by atoms with Crippen LogP contribution in [0.25, 0.3) is 0 Å². The van der Waals surface area contributed by atoms with Crippen LogP contribution in [0.2, 0.25) is 0 Å². The van der Waals surface area contributed by atoms with Gasteiger partial charge in [0.15, 0.2) is 11.5 Å². The average molecular weight is 475 g/mol. The first-order valence-corrected chi connectivity index (χ1v) is 12.3. The molecular formula is C27H30N4O4. The highest BCUT2D eigenvalue weighted by Crippen LogP contribution is 2.35. The van der Waals surface area contributed by atoms with E-state index in [4.69, 9.17) is 28.9 Å². The van der Waals surface area contributed by atoms with Crippen molar-refractivity contribution < 1.29 is 18.9 Å². The normalized spacial score (nSPS) is 17.2. The van der Waals surface area contributed by atoms with Gasteiger partial charge in [0.1, 0.15) is 11.5 Å². The number of hydrogen-bond donors (Lipinski definition) is 0. The molecule has 0 N–H and O–H groups in total. The van der Waals surface area contributed by atoms with Crippen molar-refractivity contribution >= 4 is 5.95 Å². The minimum absolute atomic E-state index is 0.289. The van der Waals surface area contributed by atoms with E-state index in [1.54, 1.807) is 7.11 Å². The Balaban J connectivity index is 1.29. The Kier molecular flexibility index (Phi) is 6.04. The molecule has 3 aliphatic heterocycles. The number of methoxy groups -OCH3 is 1. The minimum atomic E-state index is 0.289. The highest BCUT2D eigenvalue weighted by Gasteiger charge is 2.26. The Labute approximate surface area is 205 Å². The molecule has 0 atom stereocenters. The van der Waals surface area contributed by atoms with Crippen molar-refractivity contribution in [1.82, 2.24) is 14.9 Å². The molecule has 1 saturated heterocycles. The Bertz CT molecular complexity index is 1210. The maximum atomic E-state index is 6.39. The summed E-state index contributed by atoms with van der Waals surface area (Å²) in [6, 6.07) is 13.8. The largest absolute Gasteiger partial charge is 0.497 e. The highest BCUT2D eigenvalue weighted by atomic mass is 16.7. The van der Waals surface area contributed by atoms with Gasteiger partial charge in [0.05, 0.1) is 18.4 Å². The van der Waals surface area contributed by atoms with E-state index in [2.05, 4.69) is 21.9 Å². The van der Waals surface area contributed by atoms with Crippen LogP contribution < -0.4 is 23.8 Å². The van der Waals surface area contributed by atoms with Gasteiger partial charge in [0.25, 0.3) is 0 Å². The topological polar surface area (TPSA) is 69.2 Å². The third-order valence-corrected chi connectivity index (χ3v) is 6.83. The van der Waals surface area contributed by atoms with Crippen LogP contribution >= 0.6 is 0 Å². The molecule has 3 aliphatic rings. The number of aromatic nitrogens is 2. The number of ether oxygens (including phenoxy) is 4. The van der Waals surface area contributed by atoms with E-state index in [0.29, 0.717) is 11.6 Å². The Morgan fingerprint density at radius 2 is 1.77 bits per heavy atom. The lowest BCUT2D eigenvalue weighted by molar-refractivity contribution is 0.174. The number of fused-ring (bicyclic) bond motifs is 2. The molecule has 1 fully saturated rings. The molecule has 8 heteroatoms. The molecule has 0 saturated carbocycles. The summed E-state index contributed by atoms with van der Waals surface area (Å²) in [6.45, 7) is 4.74. The molecule has 8 nitrogen and oxygen atoms in total. The van der Waals surface area contributed by atoms with Crippen molar-refractivity contribution in [3.63, 3.8) is 0 Å². The fraction of sp³-hybridized carbons (Fsp3) is 0.407. The van der Waals surface area contributed by atoms with Crippen LogP contribution in [-0.2, 0) is 19.5 Å². The number of anilines is 1. The second-order valence-electron chi connectivity index (χ2n) is 9.23. The van der Waals surface area contributed by atoms with E-state index in [-0.39, 0.29) is 6.79 Å². The van der Waals surface area contributed by atoms with Gasteiger partial charge < -0.3 is 23.8 Å². The second kappa shape index (κ2) is 9.62. The van der Waals surface area contributed by atoms with Crippen LogP contribution in [0, 0.1) is 0 Å². The third-order valence-electron chi connectivity index (χ3n) is 6.83. The van der Waals surface area contributed by atoms with Crippen LogP contribution in [0.1, 0.15) is 36.1 Å². The zero-order valence-electron chi connectivity index (χ0n) is 20.0. The maximum absolute atomic E-state index is 6.39. The molecule has 0 radical (unpaired) electrons. The molecule has 35 heavy (non-hydrogen) atoms. The van der Waals surface area contributed by atoms with Crippen LogP contribution in [0.4, 0.5) is 5.95 Å². The number of benzene rings is 2. The molecule has 2 aromatic carbocycles. The average Bonchev–Trinajstić information content (AvgIpc) is 3.37. The lowest BCUT2D eigenvalue weighted by Crippen LogP contribution is -2.34. The van der Waals surface area contributed by atoms with E-state index in [1.807, 2.05) is 30.3 Å². The number of hydrogen-bond acceptors (Lipinski definition) is 8. The van der Waals surface area contributed by atoms with Crippen LogP contribution in [0.3, 0.4) is 0 Å². The Morgan fingerprint density at radius 1 is 0.914 bits per heavy atom. The quantitative estimate of drug-likeness (QED) is 0.515. The monoisotopic (exact) mass is 474 g/mol. The van der Waals surface area contributed by atoms with E-state index >= 15 is 0 Å². The smallest absolute Gasteiger partial charge is 0.231 e. The van der Waals surface area contributed by atoms with Gasteiger partial charge in [-0.15, -0.1) is 0 Å². The summed E-state index contributed by atoms with van der Waals surface area (Å²) in [5.41, 5.74) is 3.33. The van der Waals surface area contributed by atoms with Gasteiger partial charge in [-0.3, -0.25) is 4.90 Å². The van der Waals surface area contributed by atoms with Gasteiger partial charge in [0, 0.05) is 45.2 Å². The van der Waals surface area contributed by atoms with Gasteiger partial charge in [-0.1, -0.05) is 12.1 Å². The Hall–Kier alpha value is -3.52. The summed E-state index contributed by atoms with van der Waals surface area (Å²) in [4.78, 5) is 14.6. The fourth-order valence-electron chi connectivity index (χ4n) is 4.96. The second-order valence-corrected chi connectivity index (χ2v) is 9.23. The predicted octanol–water partition coefficient (Wildman–Crippen LogP) is 4.55. The molecule has 4 heterocycles. The molecule has 6 rings (SSSR count). The third kappa shape index (κ3) is 4.71. The number of piperidine rings is 1. The predicted molar refractivity (Wildman–Crippen MR) is 132 cm³/mol. The van der Waals surface area contributed by atoms with Crippen LogP contribution in [-0.4, -0.2) is 48.4 Å². The summed E-state index contributed by atoms with van der Waals surface area (Å²) in [5.74, 6) is 4.51. The molecule has 182 valence electrons. The summed E-state index contributed by atoms with van der Waals surface area (Å²) in [7, 11) is 1.66. The van der Waals surface area contributed by atoms with Gasteiger partial charge in [0.2, 0.25) is 18.6 Å². The Morgan fingerprint density at radius 3 is 2.66 bits per heavy atom. The van der Waals surface area contributed by atoms with E-state index in [9.17, 15) is 0 Å². The van der Waals surface area contributed by atoms with Gasteiger partial charge in [-0.05, 0) is 49.1 Å². The highest BCUT2D eigenvalue weighted by molar-refractivity contribution is 5.46.